The monoisotopic (exact) mass is 384 g/mol. The lowest BCUT2D eigenvalue weighted by Crippen LogP contribution is -2.27. The molecule has 0 spiro atoms. The molecule has 1 unspecified atom stereocenters. The van der Waals surface area contributed by atoms with Crippen LogP contribution in [0.4, 0.5) is 4.39 Å². The predicted octanol–water partition coefficient (Wildman–Crippen LogP) is 4.38. The van der Waals surface area contributed by atoms with Gasteiger partial charge < -0.3 is 4.55 Å². The molecule has 0 bridgehead atoms. The number of benzene rings is 1. The van der Waals surface area contributed by atoms with E-state index >= 15 is 0 Å². The molecule has 3 rings (SSSR count). The molecule has 6 heteroatoms. The zero-order chi connectivity index (χ0) is 19.8. The van der Waals surface area contributed by atoms with Crippen LogP contribution in [0.15, 0.2) is 63.9 Å². The Hall–Kier alpha value is -2.44. The second-order valence-electron chi connectivity index (χ2n) is 7.28. The Kier molecular flexibility index (Phi) is 5.22. The van der Waals surface area contributed by atoms with Gasteiger partial charge in [-0.1, -0.05) is 34.7 Å². The fourth-order valence-corrected chi connectivity index (χ4v) is 3.34. The molecule has 27 heavy (non-hydrogen) atoms. The molecule has 0 N–H and O–H groups in total. The molecule has 2 heterocycles. The lowest BCUT2D eigenvalue weighted by molar-refractivity contribution is 0.561. The van der Waals surface area contributed by atoms with Crippen molar-refractivity contribution in [3.8, 4) is 11.1 Å². The SMILES string of the molecule is C/C(=N/[S+]([O-])C(C)(C)C)c1cc2ccc(F)cn2c(=O)c1-c1ccccc1. The van der Waals surface area contributed by atoms with Gasteiger partial charge in [0.05, 0.1) is 11.3 Å². The Labute approximate surface area is 160 Å². The largest absolute Gasteiger partial charge is 0.591 e. The topological polar surface area (TPSA) is 56.9 Å². The van der Waals surface area contributed by atoms with Crippen LogP contribution >= 0.6 is 0 Å². The molecule has 1 atom stereocenters. The van der Waals surface area contributed by atoms with E-state index < -0.39 is 21.9 Å². The number of hydrogen-bond acceptors (Lipinski definition) is 3. The lowest BCUT2D eigenvalue weighted by atomic mass is 9.98. The van der Waals surface area contributed by atoms with Gasteiger partial charge >= 0.3 is 0 Å². The first-order valence-corrected chi connectivity index (χ1v) is 9.67. The average Bonchev–Trinajstić information content (AvgIpc) is 2.62. The van der Waals surface area contributed by atoms with Crippen LogP contribution in [-0.2, 0) is 11.4 Å². The van der Waals surface area contributed by atoms with Crippen molar-refractivity contribution in [3.05, 3.63) is 76.5 Å². The molecule has 0 saturated carbocycles. The van der Waals surface area contributed by atoms with E-state index in [1.807, 2.05) is 51.1 Å². The summed E-state index contributed by atoms with van der Waals surface area (Å²) in [6, 6.07) is 13.8. The molecule has 0 radical (unpaired) electrons. The van der Waals surface area contributed by atoms with Crippen LogP contribution in [-0.4, -0.2) is 19.4 Å². The van der Waals surface area contributed by atoms with Crippen LogP contribution in [0.2, 0.25) is 0 Å². The highest BCUT2D eigenvalue weighted by molar-refractivity contribution is 7.91. The minimum Gasteiger partial charge on any atom is -0.591 e. The van der Waals surface area contributed by atoms with E-state index in [2.05, 4.69) is 4.40 Å². The van der Waals surface area contributed by atoms with Gasteiger partial charge in [0.2, 0.25) is 0 Å². The molecule has 0 aliphatic heterocycles. The molecular formula is C21H21FN2O2S. The van der Waals surface area contributed by atoms with Gasteiger partial charge in [0, 0.05) is 17.3 Å². The van der Waals surface area contributed by atoms with Gasteiger partial charge in [-0.05, 0) is 51.5 Å². The summed E-state index contributed by atoms with van der Waals surface area (Å²) < 4.78 is 31.3. The molecule has 3 aromatic rings. The fourth-order valence-electron chi connectivity index (χ4n) is 2.72. The minimum atomic E-state index is -1.46. The van der Waals surface area contributed by atoms with E-state index in [0.29, 0.717) is 27.9 Å². The molecule has 4 nitrogen and oxygen atoms in total. The first kappa shape index (κ1) is 19.3. The zero-order valence-corrected chi connectivity index (χ0v) is 16.5. The third kappa shape index (κ3) is 3.96. The van der Waals surface area contributed by atoms with Crippen LogP contribution < -0.4 is 5.56 Å². The van der Waals surface area contributed by atoms with E-state index in [0.717, 1.165) is 0 Å². The van der Waals surface area contributed by atoms with Crippen molar-refractivity contribution in [1.82, 2.24) is 4.40 Å². The number of nitrogens with zero attached hydrogens (tertiary/aromatic N) is 2. The number of hydrogen-bond donors (Lipinski definition) is 0. The Morgan fingerprint density at radius 1 is 1.15 bits per heavy atom. The maximum Gasteiger partial charge on any atom is 0.263 e. The molecule has 0 aliphatic carbocycles. The standard InChI is InChI=1S/C21H21FN2O2S/c1-14(23-27(26)21(2,3)4)18-12-17-11-10-16(22)13-24(17)20(25)19(18)15-8-6-5-7-9-15/h5-13H,1-4H3/b23-14-. The van der Waals surface area contributed by atoms with Crippen molar-refractivity contribution in [3.63, 3.8) is 0 Å². The van der Waals surface area contributed by atoms with Crippen LogP contribution in [0, 0.1) is 5.82 Å². The lowest BCUT2D eigenvalue weighted by Gasteiger charge is -2.19. The molecule has 2 aromatic heterocycles. The van der Waals surface area contributed by atoms with Crippen molar-refractivity contribution in [1.29, 1.82) is 0 Å². The van der Waals surface area contributed by atoms with Crippen LogP contribution in [0.25, 0.3) is 16.6 Å². The third-order valence-electron chi connectivity index (χ3n) is 4.13. The van der Waals surface area contributed by atoms with Crippen molar-refractivity contribution >= 4 is 22.6 Å². The van der Waals surface area contributed by atoms with Gasteiger partial charge in [-0.3, -0.25) is 9.20 Å². The molecule has 0 saturated heterocycles. The normalized spacial score (nSPS) is 13.8. The summed E-state index contributed by atoms with van der Waals surface area (Å²) in [7, 11) is 0. The van der Waals surface area contributed by atoms with E-state index in [-0.39, 0.29) is 5.56 Å². The highest BCUT2D eigenvalue weighted by atomic mass is 32.2. The number of aromatic nitrogens is 1. The van der Waals surface area contributed by atoms with Crippen molar-refractivity contribution in [2.75, 3.05) is 0 Å². The number of rotatable bonds is 3. The summed E-state index contributed by atoms with van der Waals surface area (Å²) in [4.78, 5) is 13.2. The van der Waals surface area contributed by atoms with Gasteiger partial charge in [0.25, 0.3) is 5.56 Å². The van der Waals surface area contributed by atoms with Crippen LogP contribution in [0.3, 0.4) is 0 Å². The maximum atomic E-state index is 13.7. The van der Waals surface area contributed by atoms with Gasteiger partial charge in [0.15, 0.2) is 0 Å². The van der Waals surface area contributed by atoms with Gasteiger partial charge in [-0.25, -0.2) is 4.39 Å². The Balaban J connectivity index is 2.33. The summed E-state index contributed by atoms with van der Waals surface area (Å²) in [6.45, 7) is 7.27. The summed E-state index contributed by atoms with van der Waals surface area (Å²) in [6.07, 6.45) is 1.17. The van der Waals surface area contributed by atoms with E-state index in [1.165, 1.54) is 16.7 Å². The molecule has 0 aliphatic rings. The molecule has 0 fully saturated rings. The fraction of sp³-hybridized carbons (Fsp3) is 0.238. The first-order chi connectivity index (χ1) is 12.7. The molecule has 1 aromatic carbocycles. The molecule has 0 amide bonds. The molecule has 140 valence electrons. The highest BCUT2D eigenvalue weighted by Crippen LogP contribution is 2.25. The molecular weight excluding hydrogens is 363 g/mol. The van der Waals surface area contributed by atoms with Crippen molar-refractivity contribution in [2.24, 2.45) is 4.40 Å². The minimum absolute atomic E-state index is 0.343. The number of fused-ring (bicyclic) bond motifs is 1. The summed E-state index contributed by atoms with van der Waals surface area (Å²) >= 11 is -1.46. The second-order valence-corrected chi connectivity index (χ2v) is 9.19. The van der Waals surface area contributed by atoms with E-state index in [1.54, 1.807) is 19.1 Å². The first-order valence-electron chi connectivity index (χ1n) is 8.56. The van der Waals surface area contributed by atoms with Crippen LogP contribution in [0.5, 0.6) is 0 Å². The quantitative estimate of drug-likeness (QED) is 0.497. The third-order valence-corrected chi connectivity index (χ3v) is 5.62. The second kappa shape index (κ2) is 7.29. The Morgan fingerprint density at radius 2 is 1.81 bits per heavy atom. The number of pyridine rings is 2. The summed E-state index contributed by atoms with van der Waals surface area (Å²) in [5.74, 6) is -0.490. The summed E-state index contributed by atoms with van der Waals surface area (Å²) in [5.41, 5.74) is 2.41. The van der Waals surface area contributed by atoms with E-state index in [9.17, 15) is 13.7 Å². The van der Waals surface area contributed by atoms with Gasteiger partial charge in [-0.2, -0.15) is 0 Å². The average molecular weight is 384 g/mol. The highest BCUT2D eigenvalue weighted by Gasteiger charge is 2.27. The van der Waals surface area contributed by atoms with Gasteiger partial charge in [-0.15, -0.1) is 0 Å². The Morgan fingerprint density at radius 3 is 2.44 bits per heavy atom. The van der Waals surface area contributed by atoms with Crippen molar-refractivity contribution in [2.45, 2.75) is 32.4 Å². The van der Waals surface area contributed by atoms with E-state index in [4.69, 9.17) is 0 Å². The zero-order valence-electron chi connectivity index (χ0n) is 15.7. The number of halogens is 1. The smallest absolute Gasteiger partial charge is 0.263 e. The predicted molar refractivity (Wildman–Crippen MR) is 109 cm³/mol. The van der Waals surface area contributed by atoms with Crippen molar-refractivity contribution < 1.29 is 8.94 Å². The van der Waals surface area contributed by atoms with Gasteiger partial charge in [0.1, 0.15) is 21.9 Å². The maximum absolute atomic E-state index is 13.7. The Bertz CT molecular complexity index is 1070. The van der Waals surface area contributed by atoms with Crippen LogP contribution in [0.1, 0.15) is 33.3 Å². The summed E-state index contributed by atoms with van der Waals surface area (Å²) in [5, 5.41) is 0.